The summed E-state index contributed by atoms with van der Waals surface area (Å²) in [5.74, 6) is 1.42. The summed E-state index contributed by atoms with van der Waals surface area (Å²) in [5.41, 5.74) is 0. The van der Waals surface area contributed by atoms with Crippen LogP contribution in [0.5, 0.6) is 5.75 Å². The molecule has 0 aliphatic heterocycles. The molecule has 2 atom stereocenters. The van der Waals surface area contributed by atoms with Crippen molar-refractivity contribution in [3.63, 3.8) is 0 Å². The molecule has 2 rings (SSSR count). The molecule has 1 aliphatic carbocycles. The fourth-order valence-corrected chi connectivity index (χ4v) is 2.82. The van der Waals surface area contributed by atoms with Crippen molar-refractivity contribution in [1.82, 2.24) is 4.90 Å². The molecule has 1 amide bonds. The summed E-state index contributed by atoms with van der Waals surface area (Å²) in [4.78, 5) is 14.0. The van der Waals surface area contributed by atoms with E-state index in [1.165, 1.54) is 19.3 Å². The second-order valence-electron chi connectivity index (χ2n) is 5.44. The van der Waals surface area contributed by atoms with Gasteiger partial charge in [-0.25, -0.2) is 0 Å². The first kappa shape index (κ1) is 13.9. The van der Waals surface area contributed by atoms with Crippen molar-refractivity contribution in [3.05, 3.63) is 30.3 Å². The lowest BCUT2D eigenvalue weighted by Crippen LogP contribution is -2.44. The average molecular weight is 261 g/mol. The van der Waals surface area contributed by atoms with Crippen molar-refractivity contribution >= 4 is 5.91 Å². The Labute approximate surface area is 115 Å². The first-order valence-electron chi connectivity index (χ1n) is 7.12. The zero-order chi connectivity index (χ0) is 13.7. The monoisotopic (exact) mass is 261 g/mol. The van der Waals surface area contributed by atoms with E-state index in [1.54, 1.807) is 0 Å². The molecule has 19 heavy (non-hydrogen) atoms. The maximum atomic E-state index is 12.2. The second-order valence-corrected chi connectivity index (χ2v) is 5.44. The third kappa shape index (κ3) is 3.72. The molecule has 2 unspecified atom stereocenters. The fraction of sp³-hybridized carbons (Fsp3) is 0.562. The van der Waals surface area contributed by atoms with Crippen molar-refractivity contribution in [2.24, 2.45) is 5.92 Å². The van der Waals surface area contributed by atoms with E-state index in [-0.39, 0.29) is 12.5 Å². The largest absolute Gasteiger partial charge is 0.484 e. The summed E-state index contributed by atoms with van der Waals surface area (Å²) in [6.45, 7) is 2.37. The molecule has 3 heteroatoms. The summed E-state index contributed by atoms with van der Waals surface area (Å²) in [5, 5.41) is 0. The Morgan fingerprint density at radius 1 is 1.26 bits per heavy atom. The lowest BCUT2D eigenvalue weighted by atomic mass is 9.85. The van der Waals surface area contributed by atoms with Gasteiger partial charge in [0.15, 0.2) is 6.61 Å². The minimum Gasteiger partial charge on any atom is -0.484 e. The van der Waals surface area contributed by atoms with Gasteiger partial charge in [-0.05, 0) is 30.9 Å². The first-order chi connectivity index (χ1) is 9.18. The van der Waals surface area contributed by atoms with E-state index in [1.807, 2.05) is 42.3 Å². The van der Waals surface area contributed by atoms with E-state index >= 15 is 0 Å². The molecular formula is C16H23NO2. The molecule has 104 valence electrons. The van der Waals surface area contributed by atoms with Crippen LogP contribution in [0.4, 0.5) is 0 Å². The van der Waals surface area contributed by atoms with Gasteiger partial charge in [-0.15, -0.1) is 0 Å². The van der Waals surface area contributed by atoms with Crippen LogP contribution in [0.1, 0.15) is 32.6 Å². The van der Waals surface area contributed by atoms with Gasteiger partial charge in [0, 0.05) is 13.1 Å². The number of amides is 1. The van der Waals surface area contributed by atoms with Gasteiger partial charge in [0.1, 0.15) is 5.75 Å². The number of carbonyl (C=O) groups is 1. The number of ether oxygens (including phenoxy) is 1. The van der Waals surface area contributed by atoms with Crippen LogP contribution in [0.3, 0.4) is 0 Å². The third-order valence-corrected chi connectivity index (χ3v) is 4.06. The normalized spacial score (nSPS) is 22.8. The van der Waals surface area contributed by atoms with Crippen LogP contribution in [-0.2, 0) is 4.79 Å². The predicted octanol–water partition coefficient (Wildman–Crippen LogP) is 3.10. The SMILES string of the molecule is CC1CCCCC1N(C)C(=O)COc1ccccc1. The smallest absolute Gasteiger partial charge is 0.260 e. The summed E-state index contributed by atoms with van der Waals surface area (Å²) in [6.07, 6.45) is 4.86. The number of benzene rings is 1. The molecule has 1 aromatic rings. The quantitative estimate of drug-likeness (QED) is 0.833. The van der Waals surface area contributed by atoms with Gasteiger partial charge in [-0.1, -0.05) is 38.0 Å². The Hall–Kier alpha value is -1.51. The van der Waals surface area contributed by atoms with E-state index in [4.69, 9.17) is 4.74 Å². The van der Waals surface area contributed by atoms with Crippen molar-refractivity contribution < 1.29 is 9.53 Å². The number of rotatable bonds is 4. The molecular weight excluding hydrogens is 238 g/mol. The van der Waals surface area contributed by atoms with Crippen LogP contribution < -0.4 is 4.74 Å². The highest BCUT2D eigenvalue weighted by Gasteiger charge is 2.27. The maximum absolute atomic E-state index is 12.2. The minimum absolute atomic E-state index is 0.0719. The van der Waals surface area contributed by atoms with E-state index in [9.17, 15) is 4.79 Å². The molecule has 1 fully saturated rings. The second kappa shape index (κ2) is 6.60. The number of hydrogen-bond acceptors (Lipinski definition) is 2. The summed E-state index contributed by atoms with van der Waals surface area (Å²) >= 11 is 0. The molecule has 1 saturated carbocycles. The highest BCUT2D eigenvalue weighted by Crippen LogP contribution is 2.27. The van der Waals surface area contributed by atoms with Gasteiger partial charge in [0.2, 0.25) is 0 Å². The van der Waals surface area contributed by atoms with Crippen LogP contribution in [0.25, 0.3) is 0 Å². The van der Waals surface area contributed by atoms with Gasteiger partial charge in [-0.2, -0.15) is 0 Å². The molecule has 0 saturated heterocycles. The third-order valence-electron chi connectivity index (χ3n) is 4.06. The standard InChI is InChI=1S/C16H23NO2/c1-13-8-6-7-11-15(13)17(2)16(18)12-19-14-9-4-3-5-10-14/h3-5,9-10,13,15H,6-8,11-12H2,1-2H3. The van der Waals surface area contributed by atoms with E-state index < -0.39 is 0 Å². The molecule has 0 N–H and O–H groups in total. The molecule has 0 bridgehead atoms. The van der Waals surface area contributed by atoms with Crippen LogP contribution in [-0.4, -0.2) is 30.5 Å². The van der Waals surface area contributed by atoms with Crippen LogP contribution in [0.2, 0.25) is 0 Å². The number of likely N-dealkylation sites (N-methyl/N-ethyl adjacent to an activating group) is 1. The lowest BCUT2D eigenvalue weighted by Gasteiger charge is -2.36. The highest BCUT2D eigenvalue weighted by molar-refractivity contribution is 5.77. The first-order valence-corrected chi connectivity index (χ1v) is 7.12. The predicted molar refractivity (Wildman–Crippen MR) is 76.1 cm³/mol. The molecule has 0 spiro atoms. The zero-order valence-corrected chi connectivity index (χ0v) is 11.8. The van der Waals surface area contributed by atoms with Gasteiger partial charge in [-0.3, -0.25) is 4.79 Å². The summed E-state index contributed by atoms with van der Waals surface area (Å²) < 4.78 is 5.52. The molecule has 0 radical (unpaired) electrons. The van der Waals surface area contributed by atoms with Gasteiger partial charge >= 0.3 is 0 Å². The Morgan fingerprint density at radius 3 is 2.63 bits per heavy atom. The Balaban J connectivity index is 1.85. The highest BCUT2D eigenvalue weighted by atomic mass is 16.5. The molecule has 0 aromatic heterocycles. The van der Waals surface area contributed by atoms with Crippen LogP contribution in [0.15, 0.2) is 30.3 Å². The molecule has 3 nitrogen and oxygen atoms in total. The van der Waals surface area contributed by atoms with Crippen LogP contribution in [0, 0.1) is 5.92 Å². The minimum atomic E-state index is 0.0719. The van der Waals surface area contributed by atoms with Crippen LogP contribution >= 0.6 is 0 Å². The summed E-state index contributed by atoms with van der Waals surface area (Å²) in [7, 11) is 1.91. The van der Waals surface area contributed by atoms with E-state index in [0.717, 1.165) is 12.2 Å². The topological polar surface area (TPSA) is 29.5 Å². The van der Waals surface area contributed by atoms with E-state index in [0.29, 0.717) is 12.0 Å². The van der Waals surface area contributed by atoms with Crippen molar-refractivity contribution in [3.8, 4) is 5.75 Å². The fourth-order valence-electron chi connectivity index (χ4n) is 2.82. The Morgan fingerprint density at radius 2 is 1.95 bits per heavy atom. The average Bonchev–Trinajstić information content (AvgIpc) is 2.45. The number of carbonyl (C=O) groups excluding carboxylic acids is 1. The number of hydrogen-bond donors (Lipinski definition) is 0. The Bertz CT molecular complexity index is 404. The molecule has 1 aliphatic rings. The van der Waals surface area contributed by atoms with Crippen molar-refractivity contribution in [2.75, 3.05) is 13.7 Å². The number of nitrogens with zero attached hydrogens (tertiary/aromatic N) is 1. The lowest BCUT2D eigenvalue weighted by molar-refractivity contribution is -0.135. The molecule has 0 heterocycles. The van der Waals surface area contributed by atoms with Gasteiger partial charge in [0.05, 0.1) is 0 Å². The zero-order valence-electron chi connectivity index (χ0n) is 11.8. The number of para-hydroxylation sites is 1. The maximum Gasteiger partial charge on any atom is 0.260 e. The summed E-state index contributed by atoms with van der Waals surface area (Å²) in [6, 6.07) is 9.87. The van der Waals surface area contributed by atoms with E-state index in [2.05, 4.69) is 6.92 Å². The van der Waals surface area contributed by atoms with Gasteiger partial charge in [0.25, 0.3) is 5.91 Å². The van der Waals surface area contributed by atoms with Crippen molar-refractivity contribution in [2.45, 2.75) is 38.6 Å². The Kier molecular flexibility index (Phi) is 4.83. The molecule has 1 aromatic carbocycles. The van der Waals surface area contributed by atoms with Crippen molar-refractivity contribution in [1.29, 1.82) is 0 Å². The van der Waals surface area contributed by atoms with Gasteiger partial charge < -0.3 is 9.64 Å².